The molecule has 0 unspecified atom stereocenters. The van der Waals surface area contributed by atoms with Gasteiger partial charge in [-0.2, -0.15) is 0 Å². The fourth-order valence-electron chi connectivity index (χ4n) is 2.06. The molecule has 1 aliphatic rings. The van der Waals surface area contributed by atoms with Crippen LogP contribution in [0.5, 0.6) is 0 Å². The van der Waals surface area contributed by atoms with Crippen LogP contribution in [0.25, 0.3) is 0 Å². The van der Waals surface area contributed by atoms with Gasteiger partial charge in [-0.1, -0.05) is 19.4 Å². The number of hydrogen-bond acceptors (Lipinski definition) is 3. The number of carbonyl (C=O) groups is 1. The van der Waals surface area contributed by atoms with Crippen LogP contribution < -0.4 is 16.2 Å². The first-order valence-electron chi connectivity index (χ1n) is 6.80. The molecule has 3 N–H and O–H groups in total. The topological polar surface area (TPSA) is 56.4 Å². The quantitative estimate of drug-likeness (QED) is 0.396. The molecule has 0 aliphatic carbocycles. The predicted molar refractivity (Wildman–Crippen MR) is 81.5 cm³/mol. The number of rotatable bonds is 5. The third-order valence-electron chi connectivity index (χ3n) is 3.13. The van der Waals surface area contributed by atoms with Crippen molar-refractivity contribution < 1.29 is 4.79 Å². The average Bonchev–Trinajstić information content (AvgIpc) is 2.43. The molecule has 1 rings (SSSR count). The second-order valence-electron chi connectivity index (χ2n) is 4.88. The number of likely N-dealkylation sites (tertiary alicyclic amines) is 1. The Labute approximate surface area is 120 Å². The summed E-state index contributed by atoms with van der Waals surface area (Å²) in [5, 5.41) is 3.29. The Morgan fingerprint density at radius 2 is 2.05 bits per heavy atom. The molecule has 0 radical (unpaired) electrons. The van der Waals surface area contributed by atoms with Gasteiger partial charge in [-0.05, 0) is 38.1 Å². The van der Waals surface area contributed by atoms with Gasteiger partial charge in [0.15, 0.2) is 5.11 Å². The first kappa shape index (κ1) is 15.9. The SMILES string of the molecule is C=CCNC(=S)NNC(=O)[C@@H](C)CN1CCCCC1. The Kier molecular flexibility index (Phi) is 7.43. The van der Waals surface area contributed by atoms with E-state index in [1.165, 1.54) is 19.3 Å². The summed E-state index contributed by atoms with van der Waals surface area (Å²) in [6, 6.07) is 0. The summed E-state index contributed by atoms with van der Waals surface area (Å²) < 4.78 is 0. The van der Waals surface area contributed by atoms with E-state index in [0.29, 0.717) is 11.7 Å². The van der Waals surface area contributed by atoms with Crippen molar-refractivity contribution >= 4 is 23.2 Å². The zero-order valence-corrected chi connectivity index (χ0v) is 12.4. The number of thiocarbonyl (C=S) groups is 1. The minimum Gasteiger partial charge on any atom is -0.358 e. The van der Waals surface area contributed by atoms with Crippen molar-refractivity contribution in [3.05, 3.63) is 12.7 Å². The van der Waals surface area contributed by atoms with E-state index in [1.54, 1.807) is 6.08 Å². The highest BCUT2D eigenvalue weighted by molar-refractivity contribution is 7.80. The molecule has 5 nitrogen and oxygen atoms in total. The second kappa shape index (κ2) is 8.87. The van der Waals surface area contributed by atoms with Gasteiger partial charge in [0.25, 0.3) is 0 Å². The number of piperidine rings is 1. The van der Waals surface area contributed by atoms with Crippen LogP contribution >= 0.6 is 12.2 Å². The predicted octanol–water partition coefficient (Wildman–Crippen LogP) is 0.790. The Hall–Kier alpha value is -1.14. The zero-order chi connectivity index (χ0) is 14.1. The summed E-state index contributed by atoms with van der Waals surface area (Å²) in [6.07, 6.45) is 5.49. The van der Waals surface area contributed by atoms with Crippen molar-refractivity contribution in [3.63, 3.8) is 0 Å². The highest BCUT2D eigenvalue weighted by atomic mass is 32.1. The highest BCUT2D eigenvalue weighted by Gasteiger charge is 2.18. The van der Waals surface area contributed by atoms with Crippen LogP contribution in [0.1, 0.15) is 26.2 Å². The molecule has 1 heterocycles. The first-order valence-corrected chi connectivity index (χ1v) is 7.21. The molecule has 19 heavy (non-hydrogen) atoms. The van der Waals surface area contributed by atoms with Crippen LogP contribution in [0.2, 0.25) is 0 Å². The van der Waals surface area contributed by atoms with Crippen molar-refractivity contribution in [2.45, 2.75) is 26.2 Å². The van der Waals surface area contributed by atoms with E-state index in [9.17, 15) is 4.79 Å². The molecule has 1 atom stereocenters. The first-order chi connectivity index (χ1) is 9.13. The van der Waals surface area contributed by atoms with E-state index in [2.05, 4.69) is 27.6 Å². The van der Waals surface area contributed by atoms with Crippen LogP contribution in [0.3, 0.4) is 0 Å². The molecule has 0 aromatic rings. The molecule has 108 valence electrons. The number of hydrogen-bond donors (Lipinski definition) is 3. The van der Waals surface area contributed by atoms with Gasteiger partial charge in [0.1, 0.15) is 0 Å². The van der Waals surface area contributed by atoms with Gasteiger partial charge in [0, 0.05) is 19.0 Å². The Balaban J connectivity index is 2.20. The van der Waals surface area contributed by atoms with Crippen molar-refractivity contribution in [1.82, 2.24) is 21.1 Å². The van der Waals surface area contributed by atoms with E-state index in [4.69, 9.17) is 12.2 Å². The fourth-order valence-corrected chi connectivity index (χ4v) is 2.20. The maximum absolute atomic E-state index is 11.9. The van der Waals surface area contributed by atoms with E-state index >= 15 is 0 Å². The number of amides is 1. The summed E-state index contributed by atoms with van der Waals surface area (Å²) in [6.45, 7) is 9.10. The summed E-state index contributed by atoms with van der Waals surface area (Å²) in [5.41, 5.74) is 5.32. The van der Waals surface area contributed by atoms with Crippen molar-refractivity contribution in [1.29, 1.82) is 0 Å². The van der Waals surface area contributed by atoms with Crippen LogP contribution in [0.4, 0.5) is 0 Å². The van der Waals surface area contributed by atoms with Crippen LogP contribution in [-0.2, 0) is 4.79 Å². The highest BCUT2D eigenvalue weighted by Crippen LogP contribution is 2.10. The van der Waals surface area contributed by atoms with Gasteiger partial charge in [-0.25, -0.2) is 0 Å². The monoisotopic (exact) mass is 284 g/mol. The minimum absolute atomic E-state index is 0.0340. The summed E-state index contributed by atoms with van der Waals surface area (Å²) in [4.78, 5) is 14.2. The molecule has 0 aromatic carbocycles. The molecular weight excluding hydrogens is 260 g/mol. The smallest absolute Gasteiger partial charge is 0.242 e. The molecule has 1 fully saturated rings. The Bertz CT molecular complexity index is 316. The van der Waals surface area contributed by atoms with Crippen molar-refractivity contribution in [2.24, 2.45) is 5.92 Å². The standard InChI is InChI=1S/C13H24N4OS/c1-3-7-14-13(19)16-15-12(18)11(2)10-17-8-5-4-6-9-17/h3,11H,1,4-10H2,2H3,(H,15,18)(H2,14,16,19)/t11-/m0/s1. The number of hydrazine groups is 1. The number of nitrogens with one attached hydrogen (secondary N) is 3. The van der Waals surface area contributed by atoms with Gasteiger partial charge in [0.05, 0.1) is 0 Å². The molecule has 6 heteroatoms. The lowest BCUT2D eigenvalue weighted by atomic mass is 10.1. The lowest BCUT2D eigenvalue weighted by Gasteiger charge is -2.28. The largest absolute Gasteiger partial charge is 0.358 e. The molecule has 0 saturated carbocycles. The maximum atomic E-state index is 11.9. The fraction of sp³-hybridized carbons (Fsp3) is 0.692. The van der Waals surface area contributed by atoms with E-state index < -0.39 is 0 Å². The van der Waals surface area contributed by atoms with Crippen LogP contribution in [-0.4, -0.2) is 42.1 Å². The summed E-state index contributed by atoms with van der Waals surface area (Å²) in [5.74, 6) is -0.0823. The number of carbonyl (C=O) groups excluding carboxylic acids is 1. The molecule has 0 spiro atoms. The normalized spacial score (nSPS) is 17.3. The molecule has 0 bridgehead atoms. The van der Waals surface area contributed by atoms with E-state index in [1.807, 2.05) is 6.92 Å². The lowest BCUT2D eigenvalue weighted by molar-refractivity contribution is -0.125. The van der Waals surface area contributed by atoms with Crippen LogP contribution in [0.15, 0.2) is 12.7 Å². The molecule has 0 aromatic heterocycles. The minimum atomic E-state index is -0.0483. The summed E-state index contributed by atoms with van der Waals surface area (Å²) in [7, 11) is 0. The number of nitrogens with zero attached hydrogens (tertiary/aromatic N) is 1. The van der Waals surface area contributed by atoms with Crippen LogP contribution in [0, 0.1) is 5.92 Å². The van der Waals surface area contributed by atoms with E-state index in [0.717, 1.165) is 19.6 Å². The molecular formula is C13H24N4OS. The maximum Gasteiger partial charge on any atom is 0.242 e. The summed E-state index contributed by atoms with van der Waals surface area (Å²) >= 11 is 4.99. The van der Waals surface area contributed by atoms with Gasteiger partial charge in [-0.15, -0.1) is 6.58 Å². The second-order valence-corrected chi connectivity index (χ2v) is 5.28. The average molecular weight is 284 g/mol. The Morgan fingerprint density at radius 1 is 1.37 bits per heavy atom. The van der Waals surface area contributed by atoms with Crippen molar-refractivity contribution in [2.75, 3.05) is 26.2 Å². The third-order valence-corrected chi connectivity index (χ3v) is 3.38. The van der Waals surface area contributed by atoms with E-state index in [-0.39, 0.29) is 11.8 Å². The lowest BCUT2D eigenvalue weighted by Crippen LogP contribution is -2.50. The molecule has 1 aliphatic heterocycles. The van der Waals surface area contributed by atoms with Gasteiger partial charge in [-0.3, -0.25) is 15.6 Å². The zero-order valence-electron chi connectivity index (χ0n) is 11.6. The van der Waals surface area contributed by atoms with Crippen molar-refractivity contribution in [3.8, 4) is 0 Å². The van der Waals surface area contributed by atoms with Gasteiger partial charge in [0.2, 0.25) is 5.91 Å². The Morgan fingerprint density at radius 3 is 2.68 bits per heavy atom. The van der Waals surface area contributed by atoms with Gasteiger partial charge >= 0.3 is 0 Å². The molecule has 1 saturated heterocycles. The third kappa shape index (κ3) is 6.54. The van der Waals surface area contributed by atoms with Gasteiger partial charge < -0.3 is 10.2 Å². The molecule has 1 amide bonds.